The Balaban J connectivity index is 0.00000529. The van der Waals surface area contributed by atoms with Crippen LogP contribution in [0.25, 0.3) is 0 Å². The summed E-state index contributed by atoms with van der Waals surface area (Å²) in [4.78, 5) is 9.71. The van der Waals surface area contributed by atoms with Crippen LogP contribution < -0.4 is 10.5 Å². The van der Waals surface area contributed by atoms with E-state index in [0.29, 0.717) is 25.1 Å². The molecule has 1 rings (SSSR count). The highest BCUT2D eigenvalue weighted by molar-refractivity contribution is 14.0. The Morgan fingerprint density at radius 3 is 2.50 bits per heavy atom. The van der Waals surface area contributed by atoms with E-state index in [1.807, 2.05) is 18.7 Å². The van der Waals surface area contributed by atoms with Crippen LogP contribution in [-0.2, 0) is 6.18 Å². The van der Waals surface area contributed by atoms with Crippen molar-refractivity contribution in [3.05, 3.63) is 22.8 Å². The summed E-state index contributed by atoms with van der Waals surface area (Å²) in [6.07, 6.45) is -3.25. The lowest BCUT2D eigenvalue weighted by molar-refractivity contribution is -0.137. The molecule has 0 bridgehead atoms. The van der Waals surface area contributed by atoms with Crippen LogP contribution in [-0.4, -0.2) is 42.1 Å². The van der Waals surface area contributed by atoms with Gasteiger partial charge in [-0.1, -0.05) is 11.6 Å². The quantitative estimate of drug-likeness (QED) is 0.279. The van der Waals surface area contributed by atoms with Gasteiger partial charge in [0, 0.05) is 32.3 Å². The molecule has 0 amide bonds. The molecule has 0 aliphatic heterocycles. The summed E-state index contributed by atoms with van der Waals surface area (Å²) in [7, 11) is 0. The maximum atomic E-state index is 12.5. The number of halogens is 5. The fourth-order valence-corrected chi connectivity index (χ4v) is 1.98. The van der Waals surface area contributed by atoms with E-state index in [1.165, 1.54) is 0 Å². The molecule has 0 unspecified atom stereocenters. The molecule has 1 aromatic rings. The molecule has 10 heteroatoms. The van der Waals surface area contributed by atoms with Crippen molar-refractivity contribution in [3.8, 4) is 5.88 Å². The predicted molar refractivity (Wildman–Crippen MR) is 99.2 cm³/mol. The second-order valence-corrected chi connectivity index (χ2v) is 5.03. The van der Waals surface area contributed by atoms with Gasteiger partial charge in [0.25, 0.3) is 0 Å². The highest BCUT2D eigenvalue weighted by atomic mass is 127. The number of hydrogen-bond donors (Lipinski definition) is 1. The summed E-state index contributed by atoms with van der Waals surface area (Å²) in [5.41, 5.74) is 4.90. The summed E-state index contributed by atoms with van der Waals surface area (Å²) >= 11 is 5.74. The monoisotopic (exact) mass is 480 g/mol. The summed E-state index contributed by atoms with van der Waals surface area (Å²) < 4.78 is 42.7. The maximum absolute atomic E-state index is 12.5. The number of pyridine rings is 1. The van der Waals surface area contributed by atoms with Crippen LogP contribution in [0.5, 0.6) is 5.88 Å². The first-order valence-electron chi connectivity index (χ1n) is 7.20. The minimum Gasteiger partial charge on any atom is -0.477 e. The van der Waals surface area contributed by atoms with Crippen molar-refractivity contribution >= 4 is 41.5 Å². The maximum Gasteiger partial charge on any atom is 0.417 e. The van der Waals surface area contributed by atoms with Crippen LogP contribution >= 0.6 is 35.6 Å². The Bertz CT molecular complexity index is 539. The number of nitrogens with two attached hydrogens (primary N) is 1. The van der Waals surface area contributed by atoms with Gasteiger partial charge in [-0.25, -0.2) is 4.98 Å². The largest absolute Gasteiger partial charge is 0.477 e. The lowest BCUT2D eigenvalue weighted by atomic mass is 10.3. The molecule has 0 aliphatic carbocycles. The summed E-state index contributed by atoms with van der Waals surface area (Å²) in [6.45, 7) is 6.18. The summed E-state index contributed by atoms with van der Waals surface area (Å²) in [5, 5.41) is -0.175. The number of hydrogen-bond acceptors (Lipinski definition) is 3. The zero-order valence-corrected chi connectivity index (χ0v) is 16.5. The zero-order chi connectivity index (χ0) is 17.5. The van der Waals surface area contributed by atoms with Crippen molar-refractivity contribution in [1.82, 2.24) is 9.88 Å². The number of alkyl halides is 3. The lowest BCUT2D eigenvalue weighted by Crippen LogP contribution is -2.37. The highest BCUT2D eigenvalue weighted by Gasteiger charge is 2.31. The first-order chi connectivity index (χ1) is 10.8. The minimum atomic E-state index is -4.48. The summed E-state index contributed by atoms with van der Waals surface area (Å²) in [6, 6.07) is 0.792. The lowest BCUT2D eigenvalue weighted by Gasteiger charge is -2.19. The van der Waals surface area contributed by atoms with Crippen molar-refractivity contribution in [2.24, 2.45) is 10.7 Å². The van der Waals surface area contributed by atoms with Crippen LogP contribution in [0, 0.1) is 0 Å². The minimum absolute atomic E-state index is 0. The fraction of sp³-hybridized carbons (Fsp3) is 0.571. The van der Waals surface area contributed by atoms with Crippen LogP contribution in [0.3, 0.4) is 0 Å². The Morgan fingerprint density at radius 1 is 1.38 bits per heavy atom. The molecule has 138 valence electrons. The molecule has 2 N–H and O–H groups in total. The Kier molecular flexibility index (Phi) is 10.4. The number of nitrogens with zero attached hydrogens (tertiary/aromatic N) is 3. The molecule has 0 saturated carbocycles. The third-order valence-electron chi connectivity index (χ3n) is 3.04. The number of aliphatic imine (C=N–C) groups is 1. The molecule has 0 aromatic carbocycles. The average Bonchev–Trinajstić information content (AvgIpc) is 2.48. The molecule has 0 spiro atoms. The zero-order valence-electron chi connectivity index (χ0n) is 13.4. The topological polar surface area (TPSA) is 63.7 Å². The van der Waals surface area contributed by atoms with Crippen molar-refractivity contribution in [3.63, 3.8) is 0 Å². The molecule has 24 heavy (non-hydrogen) atoms. The van der Waals surface area contributed by atoms with Crippen LogP contribution in [0.1, 0.15) is 25.8 Å². The van der Waals surface area contributed by atoms with Gasteiger partial charge in [-0.3, -0.25) is 4.99 Å². The van der Waals surface area contributed by atoms with Crippen LogP contribution in [0.15, 0.2) is 17.3 Å². The van der Waals surface area contributed by atoms with Crippen LogP contribution in [0.4, 0.5) is 13.2 Å². The Morgan fingerprint density at radius 2 is 2.00 bits per heavy atom. The van der Waals surface area contributed by atoms with Gasteiger partial charge in [-0.15, -0.1) is 24.0 Å². The van der Waals surface area contributed by atoms with Gasteiger partial charge in [-0.05, 0) is 19.9 Å². The first kappa shape index (κ1) is 23.0. The molecular formula is C14H21ClF3IN4O. The fourth-order valence-electron chi connectivity index (χ4n) is 1.76. The molecule has 1 heterocycles. The van der Waals surface area contributed by atoms with E-state index in [9.17, 15) is 13.2 Å². The second-order valence-electron chi connectivity index (χ2n) is 4.62. The number of ether oxygens (including phenoxy) is 1. The molecule has 0 atom stereocenters. The Hall–Kier alpha value is -0.970. The third-order valence-corrected chi connectivity index (χ3v) is 3.31. The van der Waals surface area contributed by atoms with Gasteiger partial charge < -0.3 is 15.4 Å². The second kappa shape index (κ2) is 10.8. The molecule has 0 fully saturated rings. The van der Waals surface area contributed by atoms with Crippen molar-refractivity contribution in [1.29, 1.82) is 0 Å². The van der Waals surface area contributed by atoms with E-state index >= 15 is 0 Å². The standard InChI is InChI=1S/C14H20ClF3N4O.HI/c1-3-22(4-2)13(19)20-6-5-7-23-12-11(15)8-10(9-21-12)14(16,17)18;/h8-9H,3-7H2,1-2H3,(H2,19,20);1H. The molecule has 0 saturated heterocycles. The van der Waals surface area contributed by atoms with Crippen molar-refractivity contribution in [2.75, 3.05) is 26.2 Å². The third kappa shape index (κ3) is 7.29. The first-order valence-corrected chi connectivity index (χ1v) is 7.57. The van der Waals surface area contributed by atoms with Gasteiger partial charge in [0.1, 0.15) is 5.02 Å². The highest BCUT2D eigenvalue weighted by Crippen LogP contribution is 2.33. The van der Waals surface area contributed by atoms with Crippen LogP contribution in [0.2, 0.25) is 5.02 Å². The Labute approximate surface area is 161 Å². The molecule has 0 radical (unpaired) electrons. The van der Waals surface area contributed by atoms with Gasteiger partial charge >= 0.3 is 6.18 Å². The van der Waals surface area contributed by atoms with Gasteiger partial charge in [0.15, 0.2) is 5.96 Å². The van der Waals surface area contributed by atoms with Crippen molar-refractivity contribution < 1.29 is 17.9 Å². The predicted octanol–water partition coefficient (Wildman–Crippen LogP) is 3.80. The van der Waals surface area contributed by atoms with E-state index in [0.717, 1.165) is 19.2 Å². The van der Waals surface area contributed by atoms with E-state index in [1.54, 1.807) is 0 Å². The molecule has 0 aliphatic rings. The smallest absolute Gasteiger partial charge is 0.417 e. The van der Waals surface area contributed by atoms with Crippen molar-refractivity contribution in [2.45, 2.75) is 26.4 Å². The number of rotatable bonds is 7. The SMILES string of the molecule is CCN(CC)C(N)=NCCCOc1ncc(C(F)(F)F)cc1Cl.I. The number of guanidine groups is 1. The summed E-state index contributed by atoms with van der Waals surface area (Å²) in [5.74, 6) is 0.432. The van der Waals surface area contributed by atoms with Gasteiger partial charge in [0.05, 0.1) is 12.2 Å². The molecule has 5 nitrogen and oxygen atoms in total. The van der Waals surface area contributed by atoms with E-state index in [2.05, 4.69) is 9.98 Å². The molecule has 1 aromatic heterocycles. The normalized spacial score (nSPS) is 11.8. The molecular weight excluding hydrogens is 460 g/mol. The van der Waals surface area contributed by atoms with Gasteiger partial charge in [-0.2, -0.15) is 13.2 Å². The average molecular weight is 481 g/mol. The van der Waals surface area contributed by atoms with E-state index in [4.69, 9.17) is 22.1 Å². The van der Waals surface area contributed by atoms with E-state index < -0.39 is 11.7 Å². The number of aromatic nitrogens is 1. The van der Waals surface area contributed by atoms with E-state index in [-0.39, 0.29) is 41.5 Å². The van der Waals surface area contributed by atoms with Gasteiger partial charge in [0.2, 0.25) is 5.88 Å².